The summed E-state index contributed by atoms with van der Waals surface area (Å²) in [6.07, 6.45) is 3.60. The molecule has 2 aromatic carbocycles. The van der Waals surface area contributed by atoms with Crippen LogP contribution in [0.2, 0.25) is 0 Å². The van der Waals surface area contributed by atoms with E-state index in [0.29, 0.717) is 25.0 Å². The average molecular weight is 558 g/mol. The van der Waals surface area contributed by atoms with E-state index in [0.717, 1.165) is 43.4 Å². The number of ether oxygens (including phenoxy) is 1. The van der Waals surface area contributed by atoms with Crippen LogP contribution >= 0.6 is 0 Å². The van der Waals surface area contributed by atoms with Gasteiger partial charge in [0.2, 0.25) is 5.78 Å². The molecular weight excluding hydrogens is 534 g/mol. The number of ketones is 4. The third-order valence-corrected chi connectivity index (χ3v) is 6.05. The lowest BCUT2D eigenvalue weighted by Crippen LogP contribution is -2.17. The van der Waals surface area contributed by atoms with Crippen molar-refractivity contribution in [2.45, 2.75) is 39.0 Å². The Morgan fingerprint density at radius 2 is 1.38 bits per heavy atom. The first-order valence-corrected chi connectivity index (χ1v) is 12.3. The number of hydrogen-bond donors (Lipinski definition) is 0. The van der Waals surface area contributed by atoms with Crippen molar-refractivity contribution >= 4 is 34.5 Å². The molecule has 0 radical (unpaired) electrons. The van der Waals surface area contributed by atoms with Gasteiger partial charge in [0.25, 0.3) is 11.4 Å². The van der Waals surface area contributed by atoms with Crippen LogP contribution in [0.15, 0.2) is 48.2 Å². The summed E-state index contributed by atoms with van der Waals surface area (Å²) in [7, 11) is 0. The van der Waals surface area contributed by atoms with Gasteiger partial charge in [-0.2, -0.15) is 0 Å². The summed E-state index contributed by atoms with van der Waals surface area (Å²) in [5.41, 5.74) is -2.04. The lowest BCUT2D eigenvalue weighted by atomic mass is 9.97. The van der Waals surface area contributed by atoms with Gasteiger partial charge in [-0.05, 0) is 56.9 Å². The number of Topliss-reactive ketones (excluding diaryl/α,β-unsaturated/α-hetero) is 4. The van der Waals surface area contributed by atoms with Gasteiger partial charge in [0.05, 0.1) is 46.8 Å². The van der Waals surface area contributed by atoms with E-state index >= 15 is 0 Å². The lowest BCUT2D eigenvalue weighted by molar-refractivity contribution is -0.385. The maximum absolute atomic E-state index is 13.1. The second-order valence-electron chi connectivity index (χ2n) is 9.13. The van der Waals surface area contributed by atoms with Crippen molar-refractivity contribution in [1.82, 2.24) is 0 Å². The fraction of sp³-hybridized carbons (Fsp3) is 0.333. The zero-order valence-corrected chi connectivity index (χ0v) is 21.3. The average Bonchev–Trinajstić information content (AvgIpc) is 3.82. The molecule has 0 bridgehead atoms. The summed E-state index contributed by atoms with van der Waals surface area (Å²) < 4.78 is 31.1. The van der Waals surface area contributed by atoms with Crippen LogP contribution in [-0.4, -0.2) is 39.6 Å². The van der Waals surface area contributed by atoms with Crippen molar-refractivity contribution in [3.63, 3.8) is 0 Å². The first-order chi connectivity index (χ1) is 18.9. The van der Waals surface area contributed by atoms with Crippen LogP contribution < -0.4 is 0 Å². The molecule has 0 amide bonds. The molecule has 0 spiro atoms. The van der Waals surface area contributed by atoms with Gasteiger partial charge in [0.1, 0.15) is 28.6 Å². The highest BCUT2D eigenvalue weighted by Gasteiger charge is 2.37. The van der Waals surface area contributed by atoms with Crippen molar-refractivity contribution in [1.29, 1.82) is 0 Å². The van der Waals surface area contributed by atoms with E-state index in [1.807, 2.05) is 0 Å². The summed E-state index contributed by atoms with van der Waals surface area (Å²) in [6.45, 7) is 1.93. The van der Waals surface area contributed by atoms with Crippen LogP contribution in [0, 0.1) is 43.7 Å². The first kappa shape index (κ1) is 29.9. The summed E-state index contributed by atoms with van der Waals surface area (Å²) in [5.74, 6) is -3.96. The second kappa shape index (κ2) is 12.9. The Hall–Kier alpha value is -4.68. The summed E-state index contributed by atoms with van der Waals surface area (Å²) in [6, 6.07) is 5.33. The molecule has 11 nitrogen and oxygen atoms in total. The van der Waals surface area contributed by atoms with Gasteiger partial charge in [-0.15, -0.1) is 0 Å². The van der Waals surface area contributed by atoms with Gasteiger partial charge in [0.15, 0.2) is 11.6 Å². The quantitative estimate of drug-likeness (QED) is 0.0655. The van der Waals surface area contributed by atoms with Gasteiger partial charge in [0, 0.05) is 11.8 Å². The highest BCUT2D eigenvalue weighted by Crippen LogP contribution is 2.34. The van der Waals surface area contributed by atoms with Crippen molar-refractivity contribution in [3.05, 3.63) is 91.2 Å². The molecule has 0 N–H and O–H groups in total. The number of halogens is 2. The molecule has 2 aliphatic rings. The smallest absolute Gasteiger partial charge is 0.283 e. The number of carbonyl (C=O) groups excluding carboxylic acids is 4. The Morgan fingerprint density at radius 1 is 0.875 bits per heavy atom. The molecule has 0 atom stereocenters. The number of allylic oxidation sites excluding steroid dienone is 1. The highest BCUT2D eigenvalue weighted by molar-refractivity contribution is 6.28. The Balaban J connectivity index is 0.000000225. The second-order valence-corrected chi connectivity index (χ2v) is 9.13. The molecule has 0 unspecified atom stereocenters. The summed E-state index contributed by atoms with van der Waals surface area (Å²) in [4.78, 5) is 67.9. The van der Waals surface area contributed by atoms with E-state index in [2.05, 4.69) is 0 Å². The monoisotopic (exact) mass is 558 g/mol. The van der Waals surface area contributed by atoms with Crippen LogP contribution in [0.25, 0.3) is 0 Å². The number of hydrogen-bond acceptors (Lipinski definition) is 9. The van der Waals surface area contributed by atoms with Gasteiger partial charge >= 0.3 is 0 Å². The summed E-state index contributed by atoms with van der Waals surface area (Å²) in [5, 5.41) is 21.7. The topological polar surface area (TPSA) is 164 Å². The zero-order chi connectivity index (χ0) is 29.6. The Kier molecular flexibility index (Phi) is 9.64. The maximum Gasteiger partial charge on any atom is 0.283 e. The van der Waals surface area contributed by atoms with Crippen LogP contribution in [0.3, 0.4) is 0 Å². The van der Waals surface area contributed by atoms with Crippen molar-refractivity contribution < 1.29 is 42.5 Å². The molecule has 0 heterocycles. The predicted molar refractivity (Wildman–Crippen MR) is 135 cm³/mol. The van der Waals surface area contributed by atoms with E-state index < -0.39 is 50.2 Å². The number of rotatable bonds is 12. The minimum Gasteiger partial charge on any atom is -0.501 e. The molecule has 0 saturated heterocycles. The first-order valence-electron chi connectivity index (χ1n) is 12.3. The SMILES string of the molecule is CCOC=C(C(=O)c1ccc(F)cc1[N+](=O)[O-])C(=O)C1CC1.O=C(CC(=O)C1CC1)c1ccc(F)cc1[N+](=O)[O-]. The predicted octanol–water partition coefficient (Wildman–Crippen LogP) is 5.10. The fourth-order valence-electron chi connectivity index (χ4n) is 3.64. The highest BCUT2D eigenvalue weighted by atomic mass is 19.1. The third-order valence-electron chi connectivity index (χ3n) is 6.05. The molecule has 2 fully saturated rings. The lowest BCUT2D eigenvalue weighted by Gasteiger charge is -2.06. The Labute approximate surface area is 226 Å². The molecule has 0 aromatic heterocycles. The molecule has 210 valence electrons. The van der Waals surface area contributed by atoms with Crippen LogP contribution in [0.1, 0.15) is 59.7 Å². The van der Waals surface area contributed by atoms with E-state index in [4.69, 9.17) is 4.74 Å². The molecule has 2 aromatic rings. The molecule has 0 aliphatic heterocycles. The molecular formula is C27H24F2N2O9. The molecule has 2 aliphatic carbocycles. The fourth-order valence-corrected chi connectivity index (χ4v) is 3.64. The van der Waals surface area contributed by atoms with E-state index in [1.54, 1.807) is 6.92 Å². The largest absolute Gasteiger partial charge is 0.501 e. The van der Waals surface area contributed by atoms with E-state index in [1.165, 1.54) is 0 Å². The van der Waals surface area contributed by atoms with Crippen LogP contribution in [-0.2, 0) is 14.3 Å². The van der Waals surface area contributed by atoms with Crippen LogP contribution in [0.4, 0.5) is 20.2 Å². The minimum absolute atomic E-state index is 0.0755. The Morgan fingerprint density at radius 3 is 1.85 bits per heavy atom. The van der Waals surface area contributed by atoms with E-state index in [9.17, 15) is 48.2 Å². The van der Waals surface area contributed by atoms with Crippen LogP contribution in [0.5, 0.6) is 0 Å². The molecule has 13 heteroatoms. The maximum atomic E-state index is 13.1. The van der Waals surface area contributed by atoms with Gasteiger partial charge in [-0.25, -0.2) is 8.78 Å². The van der Waals surface area contributed by atoms with Crippen molar-refractivity contribution in [2.75, 3.05) is 6.61 Å². The van der Waals surface area contributed by atoms with Gasteiger partial charge in [-0.1, -0.05) is 0 Å². The van der Waals surface area contributed by atoms with Crippen molar-refractivity contribution in [2.24, 2.45) is 11.8 Å². The molecule has 4 rings (SSSR count). The molecule has 40 heavy (non-hydrogen) atoms. The number of nitro benzene ring substituents is 2. The number of carbonyl (C=O) groups is 4. The van der Waals surface area contributed by atoms with Crippen molar-refractivity contribution in [3.8, 4) is 0 Å². The summed E-state index contributed by atoms with van der Waals surface area (Å²) >= 11 is 0. The van der Waals surface area contributed by atoms with Gasteiger partial charge in [-0.3, -0.25) is 39.4 Å². The normalized spacial score (nSPS) is 14.4. The number of nitro groups is 2. The van der Waals surface area contributed by atoms with E-state index in [-0.39, 0.29) is 47.3 Å². The Bertz CT molecular complexity index is 1410. The minimum atomic E-state index is -0.851. The number of nitrogens with zero attached hydrogens (tertiary/aromatic N) is 2. The standard InChI is InChI=1S/C15H14FNO5.C12H10FNO4/c1-2-22-8-12(14(18)9-3-4-9)15(19)11-6-5-10(16)7-13(11)17(20)21;13-8-3-4-9(10(5-8)14(17)18)12(16)6-11(15)7-1-2-7/h5-9H,2-4H2,1H3;3-5,7H,1-2,6H2. The molecule has 2 saturated carbocycles. The number of benzene rings is 2. The third kappa shape index (κ3) is 7.68. The zero-order valence-electron chi connectivity index (χ0n) is 21.3. The van der Waals surface area contributed by atoms with Gasteiger partial charge < -0.3 is 4.74 Å².